The molecular formula is C3H5F3IOZn-. The number of halogens is 4. The molecule has 0 aliphatic carbocycles. The molecule has 0 aromatic rings. The summed E-state index contributed by atoms with van der Waals surface area (Å²) >= 11 is 1.90. The van der Waals surface area contributed by atoms with Crippen molar-refractivity contribution in [2.75, 3.05) is 6.61 Å². The summed E-state index contributed by atoms with van der Waals surface area (Å²) in [7, 11) is 0. The zero-order valence-corrected chi connectivity index (χ0v) is 9.71. The molecule has 0 aromatic carbocycles. The summed E-state index contributed by atoms with van der Waals surface area (Å²) in [6, 6.07) is 0. The van der Waals surface area contributed by atoms with Crippen molar-refractivity contribution in [1.82, 2.24) is 0 Å². The van der Waals surface area contributed by atoms with E-state index in [9.17, 15) is 13.2 Å². The van der Waals surface area contributed by atoms with Gasteiger partial charge in [0.2, 0.25) is 0 Å². The molecule has 0 saturated heterocycles. The van der Waals surface area contributed by atoms with Gasteiger partial charge >= 0.3 is 6.18 Å². The summed E-state index contributed by atoms with van der Waals surface area (Å²) in [5, 5.41) is 7.28. The minimum atomic E-state index is -4.40. The number of hydrogen-bond acceptors (Lipinski definition) is 1. The van der Waals surface area contributed by atoms with Crippen LogP contribution in [0.15, 0.2) is 0 Å². The molecule has 0 saturated carbocycles. The average Bonchev–Trinajstić information content (AvgIpc) is 1.71. The second-order valence-corrected chi connectivity index (χ2v) is 0.773. The van der Waals surface area contributed by atoms with E-state index in [1.165, 1.54) is 0 Å². The van der Waals surface area contributed by atoms with Gasteiger partial charge in [0.05, 0.1) is 0 Å². The van der Waals surface area contributed by atoms with Crippen LogP contribution in [0.5, 0.6) is 0 Å². The predicted molar refractivity (Wildman–Crippen MR) is 32.5 cm³/mol. The SMILES string of the molecule is OCC(F)(F)F.[CH2-]I.[Zn]. The Kier molecular flexibility index (Phi) is 16.8. The van der Waals surface area contributed by atoms with Crippen LogP contribution >= 0.6 is 22.6 Å². The molecule has 9 heavy (non-hydrogen) atoms. The maximum Gasteiger partial charge on any atom is 0.411 e. The van der Waals surface area contributed by atoms with Crippen LogP contribution in [0.1, 0.15) is 0 Å². The van der Waals surface area contributed by atoms with Crippen molar-refractivity contribution < 1.29 is 37.8 Å². The second kappa shape index (κ2) is 9.10. The van der Waals surface area contributed by atoms with E-state index >= 15 is 0 Å². The number of aliphatic hydroxyl groups is 1. The molecule has 1 nitrogen and oxygen atoms in total. The average molecular weight is 306 g/mol. The van der Waals surface area contributed by atoms with Crippen LogP contribution in [-0.2, 0) is 19.5 Å². The van der Waals surface area contributed by atoms with Crippen LogP contribution in [0.3, 0.4) is 0 Å². The Morgan fingerprint density at radius 3 is 1.44 bits per heavy atom. The third-order valence-electron chi connectivity index (χ3n) is 0.179. The summed E-state index contributed by atoms with van der Waals surface area (Å²) in [5.41, 5.74) is 0. The van der Waals surface area contributed by atoms with E-state index in [0.717, 1.165) is 0 Å². The van der Waals surface area contributed by atoms with Crippen molar-refractivity contribution in [2.24, 2.45) is 0 Å². The van der Waals surface area contributed by atoms with Crippen LogP contribution < -0.4 is 0 Å². The van der Waals surface area contributed by atoms with Gasteiger partial charge in [-0.15, -0.1) is 0 Å². The molecule has 0 atom stereocenters. The molecule has 0 unspecified atom stereocenters. The summed E-state index contributed by atoms with van der Waals surface area (Å²) in [6.07, 6.45) is -4.40. The molecule has 0 radical (unpaired) electrons. The smallest absolute Gasteiger partial charge is 0.387 e. The summed E-state index contributed by atoms with van der Waals surface area (Å²) in [6.45, 7) is -1.73. The van der Waals surface area contributed by atoms with Crippen LogP contribution in [0, 0.1) is 4.93 Å². The molecule has 0 fully saturated rings. The number of rotatable bonds is 0. The van der Waals surface area contributed by atoms with E-state index in [1.807, 2.05) is 22.6 Å². The normalized spacial score (nSPS) is 8.67. The number of alkyl halides is 3. The molecule has 0 aliphatic rings. The third-order valence-corrected chi connectivity index (χ3v) is 0.179. The molecule has 0 aliphatic heterocycles. The summed E-state index contributed by atoms with van der Waals surface area (Å²) in [5.74, 6) is 0. The first-order chi connectivity index (χ1) is 3.56. The van der Waals surface area contributed by atoms with Crippen molar-refractivity contribution in [2.45, 2.75) is 6.18 Å². The number of aliphatic hydroxyl groups excluding tert-OH is 1. The Bertz CT molecular complexity index is 48.8. The monoisotopic (exact) mass is 305 g/mol. The molecule has 0 rings (SSSR count). The third kappa shape index (κ3) is 27.3. The van der Waals surface area contributed by atoms with Gasteiger partial charge in [-0.3, -0.25) is 4.93 Å². The first-order valence-corrected chi connectivity index (χ1v) is 3.03. The fraction of sp³-hybridized carbons (Fsp3) is 0.667. The van der Waals surface area contributed by atoms with E-state index in [1.54, 1.807) is 0 Å². The van der Waals surface area contributed by atoms with Crippen LogP contribution in [-0.4, -0.2) is 17.9 Å². The van der Waals surface area contributed by atoms with Crippen LogP contribution in [0.25, 0.3) is 0 Å². The molecule has 54 valence electrons. The molecule has 1 N–H and O–H groups in total. The fourth-order valence-electron chi connectivity index (χ4n) is 0. The van der Waals surface area contributed by atoms with Gasteiger partial charge in [-0.25, -0.2) is 0 Å². The first kappa shape index (κ1) is 16.6. The zero-order valence-electron chi connectivity index (χ0n) is 4.58. The molecule has 6 heteroatoms. The topological polar surface area (TPSA) is 20.2 Å². The van der Waals surface area contributed by atoms with E-state index in [2.05, 4.69) is 4.93 Å². The maximum absolute atomic E-state index is 10.5. The predicted octanol–water partition coefficient (Wildman–Crippen LogP) is 1.75. The summed E-state index contributed by atoms with van der Waals surface area (Å²) in [4.78, 5) is 3.22. The van der Waals surface area contributed by atoms with Gasteiger partial charge in [-0.1, -0.05) is 0 Å². The Labute approximate surface area is 77.9 Å². The van der Waals surface area contributed by atoms with Crippen molar-refractivity contribution >= 4 is 22.6 Å². The van der Waals surface area contributed by atoms with Gasteiger partial charge in [0.1, 0.15) is 6.61 Å². The van der Waals surface area contributed by atoms with E-state index < -0.39 is 12.8 Å². The molecule has 0 spiro atoms. The molecular weight excluding hydrogens is 301 g/mol. The Morgan fingerprint density at radius 2 is 1.44 bits per heavy atom. The van der Waals surface area contributed by atoms with Gasteiger partial charge in [0.25, 0.3) is 0 Å². The van der Waals surface area contributed by atoms with Crippen LogP contribution in [0.4, 0.5) is 13.2 Å². The van der Waals surface area contributed by atoms with E-state index in [4.69, 9.17) is 5.11 Å². The maximum atomic E-state index is 10.5. The standard InChI is InChI=1S/C2H3F3O.CH2I.Zn/c3-2(4,5)1-6;1-2;/h6H,1H2;1H2;/q;-1;. The second-order valence-electron chi connectivity index (χ2n) is 0.773. The van der Waals surface area contributed by atoms with Crippen molar-refractivity contribution in [3.8, 4) is 0 Å². The Balaban J connectivity index is -0.000000109. The van der Waals surface area contributed by atoms with Gasteiger partial charge in [-0.2, -0.15) is 13.2 Å². The Hall–Kier alpha value is 1.10. The van der Waals surface area contributed by atoms with Crippen molar-refractivity contribution in [3.05, 3.63) is 4.93 Å². The van der Waals surface area contributed by atoms with Gasteiger partial charge in [-0.05, 0) is 0 Å². The molecule has 0 aromatic heterocycles. The summed E-state index contributed by atoms with van der Waals surface area (Å²) < 4.78 is 31.6. The largest absolute Gasteiger partial charge is 0.411 e. The van der Waals surface area contributed by atoms with Crippen molar-refractivity contribution in [1.29, 1.82) is 0 Å². The van der Waals surface area contributed by atoms with Gasteiger partial charge in [0.15, 0.2) is 0 Å². The van der Waals surface area contributed by atoms with E-state index in [-0.39, 0.29) is 19.5 Å². The minimum absolute atomic E-state index is 0. The Morgan fingerprint density at radius 1 is 1.33 bits per heavy atom. The molecule has 0 bridgehead atoms. The minimum Gasteiger partial charge on any atom is -0.387 e. The first-order valence-electron chi connectivity index (χ1n) is 1.50. The van der Waals surface area contributed by atoms with E-state index in [0.29, 0.717) is 0 Å². The van der Waals surface area contributed by atoms with Gasteiger partial charge < -0.3 is 27.7 Å². The quantitative estimate of drug-likeness (QED) is 0.411. The van der Waals surface area contributed by atoms with Gasteiger partial charge in [0, 0.05) is 19.5 Å². The van der Waals surface area contributed by atoms with Crippen LogP contribution in [0.2, 0.25) is 0 Å². The van der Waals surface area contributed by atoms with Crippen molar-refractivity contribution in [3.63, 3.8) is 0 Å². The number of hydrogen-bond donors (Lipinski definition) is 1. The molecule has 0 amide bonds. The fourth-order valence-corrected chi connectivity index (χ4v) is 0. The zero-order chi connectivity index (χ0) is 7.21. The molecule has 0 heterocycles.